The molecule has 0 fully saturated rings. The molecular weight excluding hydrogens is 284 g/mol. The van der Waals surface area contributed by atoms with Crippen molar-refractivity contribution < 1.29 is 14.3 Å². The minimum Gasteiger partial charge on any atom is -0.497 e. The molecule has 0 N–H and O–H groups in total. The van der Waals surface area contributed by atoms with Gasteiger partial charge in [0.2, 0.25) is 11.1 Å². The number of methoxy groups -OCH3 is 2. The summed E-state index contributed by atoms with van der Waals surface area (Å²) in [7, 11) is 2.70. The highest BCUT2D eigenvalue weighted by Crippen LogP contribution is 2.24. The van der Waals surface area contributed by atoms with Crippen LogP contribution in [0.1, 0.15) is 10.5 Å². The van der Waals surface area contributed by atoms with Crippen molar-refractivity contribution in [1.29, 1.82) is 0 Å². The largest absolute Gasteiger partial charge is 0.497 e. The Kier molecular flexibility index (Phi) is 4.05. The van der Waals surface area contributed by atoms with E-state index < -0.39 is 11.4 Å². The Morgan fingerprint density at radius 3 is 2.70 bits per heavy atom. The normalized spacial score (nSPS) is 10.2. The van der Waals surface area contributed by atoms with Gasteiger partial charge in [0, 0.05) is 18.3 Å². The number of benzene rings is 1. The van der Waals surface area contributed by atoms with Crippen LogP contribution in [0.2, 0.25) is 5.02 Å². The van der Waals surface area contributed by atoms with E-state index in [-0.39, 0.29) is 5.69 Å². The van der Waals surface area contributed by atoms with Gasteiger partial charge < -0.3 is 9.47 Å². The van der Waals surface area contributed by atoms with Crippen LogP contribution in [0.5, 0.6) is 5.75 Å². The summed E-state index contributed by atoms with van der Waals surface area (Å²) in [5, 5.41) is 4.34. The molecule has 1 aromatic carbocycles. The average molecular weight is 295 g/mol. The SMILES string of the molecule is COC(=O)c1nn(-c2cc(OC)ccc2Cl)ccc1=O. The Hall–Kier alpha value is -2.34. The first kappa shape index (κ1) is 14.1. The molecule has 0 aliphatic carbocycles. The first-order chi connectivity index (χ1) is 9.56. The highest BCUT2D eigenvalue weighted by molar-refractivity contribution is 6.32. The zero-order valence-electron chi connectivity index (χ0n) is 10.8. The molecule has 0 spiro atoms. The minimum absolute atomic E-state index is 0.311. The van der Waals surface area contributed by atoms with Gasteiger partial charge in [-0.15, -0.1) is 0 Å². The van der Waals surface area contributed by atoms with Crippen LogP contribution in [0.25, 0.3) is 5.69 Å². The lowest BCUT2D eigenvalue weighted by atomic mass is 10.3. The molecule has 0 bridgehead atoms. The Labute approximate surface area is 119 Å². The second kappa shape index (κ2) is 5.75. The van der Waals surface area contributed by atoms with Gasteiger partial charge in [-0.05, 0) is 12.1 Å². The van der Waals surface area contributed by atoms with E-state index in [1.807, 2.05) is 0 Å². The number of halogens is 1. The van der Waals surface area contributed by atoms with Gasteiger partial charge in [0.05, 0.1) is 24.9 Å². The van der Waals surface area contributed by atoms with Crippen LogP contribution in [0.15, 0.2) is 35.3 Å². The molecule has 1 heterocycles. The van der Waals surface area contributed by atoms with Crippen molar-refractivity contribution in [2.75, 3.05) is 14.2 Å². The first-order valence-corrected chi connectivity index (χ1v) is 5.97. The number of carbonyl (C=O) groups is 1. The lowest BCUT2D eigenvalue weighted by molar-refractivity contribution is 0.0590. The number of aromatic nitrogens is 2. The van der Waals surface area contributed by atoms with Gasteiger partial charge in [0.15, 0.2) is 0 Å². The molecule has 1 aromatic heterocycles. The molecule has 0 aliphatic heterocycles. The first-order valence-electron chi connectivity index (χ1n) is 5.59. The number of hydrogen-bond acceptors (Lipinski definition) is 5. The molecular formula is C13H11ClN2O4. The van der Waals surface area contributed by atoms with Crippen LogP contribution >= 0.6 is 11.6 Å². The van der Waals surface area contributed by atoms with Crippen LogP contribution in [-0.2, 0) is 4.74 Å². The molecule has 0 unspecified atom stereocenters. The number of nitrogens with zero attached hydrogens (tertiary/aromatic N) is 2. The van der Waals surface area contributed by atoms with Crippen LogP contribution in [0, 0.1) is 0 Å². The Morgan fingerprint density at radius 1 is 1.30 bits per heavy atom. The van der Waals surface area contributed by atoms with E-state index in [0.717, 1.165) is 0 Å². The molecule has 0 saturated carbocycles. The lowest BCUT2D eigenvalue weighted by Gasteiger charge is -2.10. The standard InChI is InChI=1S/C13H11ClN2O4/c1-19-8-3-4-9(14)10(7-8)16-6-5-11(17)12(15-16)13(18)20-2/h3-7H,1-2H3. The number of rotatable bonds is 3. The molecule has 6 nitrogen and oxygen atoms in total. The summed E-state index contributed by atoms with van der Waals surface area (Å²) in [6.45, 7) is 0. The summed E-state index contributed by atoms with van der Waals surface area (Å²) in [4.78, 5) is 23.0. The smallest absolute Gasteiger partial charge is 0.362 e. The maximum Gasteiger partial charge on any atom is 0.362 e. The minimum atomic E-state index is -0.802. The molecule has 2 aromatic rings. The molecule has 0 amide bonds. The fourth-order valence-corrected chi connectivity index (χ4v) is 1.78. The predicted octanol–water partition coefficient (Wildman–Crippen LogP) is 1.68. The van der Waals surface area contributed by atoms with Crippen molar-refractivity contribution in [2.24, 2.45) is 0 Å². The summed E-state index contributed by atoms with van der Waals surface area (Å²) in [5.41, 5.74) is -0.350. The van der Waals surface area contributed by atoms with Crippen LogP contribution in [0.3, 0.4) is 0 Å². The van der Waals surface area contributed by atoms with Crippen molar-refractivity contribution >= 4 is 17.6 Å². The van der Waals surface area contributed by atoms with E-state index in [1.54, 1.807) is 18.2 Å². The van der Waals surface area contributed by atoms with Gasteiger partial charge in [-0.2, -0.15) is 5.10 Å². The second-order valence-electron chi connectivity index (χ2n) is 3.78. The van der Waals surface area contributed by atoms with Gasteiger partial charge in [0.25, 0.3) is 0 Å². The molecule has 0 saturated heterocycles. The average Bonchev–Trinajstić information content (AvgIpc) is 2.47. The predicted molar refractivity (Wildman–Crippen MR) is 72.7 cm³/mol. The van der Waals surface area contributed by atoms with E-state index in [9.17, 15) is 9.59 Å². The molecule has 0 radical (unpaired) electrons. The van der Waals surface area contributed by atoms with E-state index in [2.05, 4.69) is 9.84 Å². The molecule has 7 heteroatoms. The van der Waals surface area contributed by atoms with Crippen LogP contribution < -0.4 is 10.2 Å². The van der Waals surface area contributed by atoms with Gasteiger partial charge >= 0.3 is 5.97 Å². The summed E-state index contributed by atoms with van der Waals surface area (Å²) in [6.07, 6.45) is 1.41. The van der Waals surface area contributed by atoms with E-state index >= 15 is 0 Å². The summed E-state index contributed by atoms with van der Waals surface area (Å²) >= 11 is 6.08. The summed E-state index contributed by atoms with van der Waals surface area (Å²) < 4.78 is 10.9. The highest BCUT2D eigenvalue weighted by atomic mass is 35.5. The fourth-order valence-electron chi connectivity index (χ4n) is 1.57. The Morgan fingerprint density at radius 2 is 2.05 bits per heavy atom. The van der Waals surface area contributed by atoms with Crippen molar-refractivity contribution in [3.8, 4) is 11.4 Å². The number of ether oxygens (including phenoxy) is 2. The molecule has 0 aliphatic rings. The van der Waals surface area contributed by atoms with Crippen LogP contribution in [0.4, 0.5) is 0 Å². The van der Waals surface area contributed by atoms with E-state index in [1.165, 1.54) is 31.2 Å². The van der Waals surface area contributed by atoms with E-state index in [0.29, 0.717) is 16.5 Å². The van der Waals surface area contributed by atoms with Gasteiger partial charge in [-0.3, -0.25) is 4.79 Å². The topological polar surface area (TPSA) is 70.4 Å². The highest BCUT2D eigenvalue weighted by Gasteiger charge is 2.14. The Balaban J connectivity index is 2.59. The maximum absolute atomic E-state index is 11.6. The van der Waals surface area contributed by atoms with Crippen molar-refractivity contribution in [3.63, 3.8) is 0 Å². The zero-order chi connectivity index (χ0) is 14.7. The molecule has 20 heavy (non-hydrogen) atoms. The quantitative estimate of drug-likeness (QED) is 0.806. The monoisotopic (exact) mass is 294 g/mol. The van der Waals surface area contributed by atoms with Crippen molar-refractivity contribution in [1.82, 2.24) is 9.78 Å². The molecule has 104 valence electrons. The Bertz CT molecular complexity index is 712. The lowest BCUT2D eigenvalue weighted by Crippen LogP contribution is -2.21. The van der Waals surface area contributed by atoms with Crippen molar-refractivity contribution in [2.45, 2.75) is 0 Å². The third kappa shape index (κ3) is 2.65. The number of hydrogen-bond donors (Lipinski definition) is 0. The van der Waals surface area contributed by atoms with Crippen molar-refractivity contribution in [3.05, 3.63) is 51.4 Å². The molecule has 0 atom stereocenters. The third-order valence-corrected chi connectivity index (χ3v) is 2.91. The molecule has 2 rings (SSSR count). The van der Waals surface area contributed by atoms with E-state index in [4.69, 9.17) is 16.3 Å². The van der Waals surface area contributed by atoms with Gasteiger partial charge in [-0.1, -0.05) is 11.6 Å². The second-order valence-corrected chi connectivity index (χ2v) is 4.19. The van der Waals surface area contributed by atoms with Gasteiger partial charge in [0.1, 0.15) is 5.75 Å². The number of esters is 1. The maximum atomic E-state index is 11.6. The fraction of sp³-hybridized carbons (Fsp3) is 0.154. The summed E-state index contributed by atoms with van der Waals surface area (Å²) in [6, 6.07) is 6.18. The summed E-state index contributed by atoms with van der Waals surface area (Å²) in [5.74, 6) is -0.229. The zero-order valence-corrected chi connectivity index (χ0v) is 11.5. The van der Waals surface area contributed by atoms with Crippen LogP contribution in [-0.4, -0.2) is 30.0 Å². The number of carbonyl (C=O) groups excluding carboxylic acids is 1. The third-order valence-electron chi connectivity index (χ3n) is 2.59. The van der Waals surface area contributed by atoms with Gasteiger partial charge in [-0.25, -0.2) is 9.48 Å².